The van der Waals surface area contributed by atoms with Crippen LogP contribution < -0.4 is 15.1 Å². The Morgan fingerprint density at radius 3 is 2.89 bits per heavy atom. The van der Waals surface area contributed by atoms with E-state index in [2.05, 4.69) is 21.2 Å². The molecule has 28 heavy (non-hydrogen) atoms. The monoisotopic (exact) mass is 405 g/mol. The van der Waals surface area contributed by atoms with Gasteiger partial charge in [-0.2, -0.15) is 5.26 Å². The summed E-state index contributed by atoms with van der Waals surface area (Å²) in [5.41, 5.74) is 0.636. The largest absolute Gasteiger partial charge is 0.539 e. The van der Waals surface area contributed by atoms with Crippen LogP contribution in [0.5, 0.6) is 5.95 Å². The molecule has 0 atom stereocenters. The Kier molecular flexibility index (Phi) is 5.24. The van der Waals surface area contributed by atoms with Crippen molar-refractivity contribution in [3.63, 3.8) is 0 Å². The Labute approximate surface area is 164 Å². The standard InChI is InChI=1S/C17H19N5O5S/c1-17(2,3)26-16(25)21-5-4-10-11(6-18)15(28-12(10)7-21)19-13(23)8-22-9-14(24)27-20-22/h9H,4-5,7-8H2,1-3H3,(H-,19,20,23,24). The van der Waals surface area contributed by atoms with Crippen LogP contribution in [0, 0.1) is 11.3 Å². The Hall–Kier alpha value is -3.13. The van der Waals surface area contributed by atoms with Gasteiger partial charge in [-0.3, -0.25) is 4.79 Å². The number of amides is 2. The summed E-state index contributed by atoms with van der Waals surface area (Å²) >= 11 is 1.25. The number of thiophene rings is 1. The van der Waals surface area contributed by atoms with Crippen LogP contribution in [0.25, 0.3) is 0 Å². The molecule has 2 aromatic heterocycles. The third-order valence-corrected chi connectivity index (χ3v) is 5.00. The second-order valence-corrected chi connectivity index (χ2v) is 8.34. The lowest BCUT2D eigenvalue weighted by Gasteiger charge is -2.29. The van der Waals surface area contributed by atoms with Crippen LogP contribution in [0.1, 0.15) is 36.8 Å². The number of hydrogen-bond acceptors (Lipinski definition) is 8. The molecule has 0 fully saturated rings. The van der Waals surface area contributed by atoms with E-state index in [1.54, 1.807) is 25.7 Å². The minimum absolute atomic E-state index is 0.219. The van der Waals surface area contributed by atoms with Gasteiger partial charge in [-0.15, -0.1) is 11.3 Å². The summed E-state index contributed by atoms with van der Waals surface area (Å²) in [6.45, 7) is 5.93. The second kappa shape index (κ2) is 7.47. The maximum atomic E-state index is 12.3. The molecule has 0 bridgehead atoms. The van der Waals surface area contributed by atoms with Gasteiger partial charge >= 0.3 is 6.09 Å². The summed E-state index contributed by atoms with van der Waals surface area (Å²) in [4.78, 5) is 26.9. The van der Waals surface area contributed by atoms with Crippen LogP contribution in [0.2, 0.25) is 0 Å². The zero-order chi connectivity index (χ0) is 20.5. The highest BCUT2D eigenvalue weighted by Gasteiger charge is 2.30. The van der Waals surface area contributed by atoms with E-state index in [-0.39, 0.29) is 6.54 Å². The van der Waals surface area contributed by atoms with Gasteiger partial charge in [-0.05, 0) is 32.8 Å². The van der Waals surface area contributed by atoms with Gasteiger partial charge in [0.05, 0.1) is 17.4 Å². The quantitative estimate of drug-likeness (QED) is 0.749. The van der Waals surface area contributed by atoms with Crippen LogP contribution in [-0.2, 0) is 29.0 Å². The van der Waals surface area contributed by atoms with E-state index < -0.39 is 23.5 Å². The van der Waals surface area contributed by atoms with Crippen molar-refractivity contribution in [1.82, 2.24) is 10.2 Å². The minimum atomic E-state index is -0.653. The number of anilines is 1. The number of carbonyl (C=O) groups excluding carboxylic acids is 2. The average Bonchev–Trinajstić information content (AvgIpc) is 3.14. The molecule has 0 saturated heterocycles. The molecule has 1 N–H and O–H groups in total. The van der Waals surface area contributed by atoms with E-state index in [4.69, 9.17) is 4.74 Å². The summed E-state index contributed by atoms with van der Waals surface area (Å²) in [7, 11) is 0. The highest BCUT2D eigenvalue weighted by molar-refractivity contribution is 7.16. The topological polar surface area (TPSA) is 135 Å². The maximum absolute atomic E-state index is 12.3. The van der Waals surface area contributed by atoms with Crippen molar-refractivity contribution in [2.45, 2.75) is 45.9 Å². The van der Waals surface area contributed by atoms with E-state index in [0.29, 0.717) is 30.1 Å². The van der Waals surface area contributed by atoms with Gasteiger partial charge in [-0.25, -0.2) is 4.79 Å². The molecule has 3 heterocycles. The molecule has 0 aliphatic carbocycles. The number of ether oxygens (including phenoxy) is 1. The van der Waals surface area contributed by atoms with E-state index in [1.807, 2.05) is 0 Å². The van der Waals surface area contributed by atoms with Crippen molar-refractivity contribution in [2.24, 2.45) is 0 Å². The molecule has 1 aliphatic rings. The summed E-state index contributed by atoms with van der Waals surface area (Å²) in [5.74, 6) is -1.10. The lowest BCUT2D eigenvalue weighted by molar-refractivity contribution is -0.750. The number of aromatic nitrogens is 2. The minimum Gasteiger partial charge on any atom is -0.539 e. The van der Waals surface area contributed by atoms with Gasteiger partial charge in [0.25, 0.3) is 12.5 Å². The zero-order valence-electron chi connectivity index (χ0n) is 15.6. The fourth-order valence-corrected chi connectivity index (χ4v) is 3.97. The van der Waals surface area contributed by atoms with E-state index in [9.17, 15) is 20.0 Å². The molecular weight excluding hydrogens is 386 g/mol. The SMILES string of the molecule is CC(C)(C)OC(=O)N1CCc2c(sc(NC(=O)C[n+]3cc([O-])on3)c2C#N)C1. The van der Waals surface area contributed by atoms with Crippen molar-refractivity contribution < 1.29 is 28.6 Å². The van der Waals surface area contributed by atoms with Crippen LogP contribution >= 0.6 is 11.3 Å². The first kappa shape index (κ1) is 19.6. The average molecular weight is 405 g/mol. The molecule has 2 aromatic rings. The van der Waals surface area contributed by atoms with E-state index in [1.165, 1.54) is 11.3 Å². The first-order chi connectivity index (χ1) is 13.2. The van der Waals surface area contributed by atoms with Gasteiger partial charge in [0.2, 0.25) is 6.20 Å². The third-order valence-electron chi connectivity index (χ3n) is 3.87. The van der Waals surface area contributed by atoms with Crippen molar-refractivity contribution in [3.05, 3.63) is 22.2 Å². The zero-order valence-corrected chi connectivity index (χ0v) is 16.5. The predicted octanol–water partition coefficient (Wildman–Crippen LogP) is 0.901. The number of hydrogen-bond donors (Lipinski definition) is 1. The van der Waals surface area contributed by atoms with Crippen molar-refractivity contribution in [3.8, 4) is 12.0 Å². The molecule has 0 unspecified atom stereocenters. The fraction of sp³-hybridized carbons (Fsp3) is 0.471. The van der Waals surface area contributed by atoms with Crippen molar-refractivity contribution in [2.75, 3.05) is 11.9 Å². The van der Waals surface area contributed by atoms with Crippen molar-refractivity contribution >= 4 is 28.3 Å². The molecule has 11 heteroatoms. The van der Waals surface area contributed by atoms with Crippen LogP contribution in [0.4, 0.5) is 9.80 Å². The Balaban J connectivity index is 1.73. The van der Waals surface area contributed by atoms with Gasteiger partial charge in [-0.1, -0.05) is 4.68 Å². The number of nitriles is 1. The highest BCUT2D eigenvalue weighted by Crippen LogP contribution is 2.37. The molecule has 0 radical (unpaired) electrons. The number of carbonyl (C=O) groups is 2. The molecule has 0 spiro atoms. The molecular formula is C17H19N5O5S. The second-order valence-electron chi connectivity index (χ2n) is 7.24. The Morgan fingerprint density at radius 1 is 1.54 bits per heavy atom. The van der Waals surface area contributed by atoms with E-state index >= 15 is 0 Å². The fourth-order valence-electron chi connectivity index (χ4n) is 2.74. The lowest BCUT2D eigenvalue weighted by Crippen LogP contribution is -2.41. The van der Waals surface area contributed by atoms with Gasteiger partial charge < -0.3 is 24.6 Å². The Bertz CT molecular complexity index is 952. The van der Waals surface area contributed by atoms with Gasteiger partial charge in [0, 0.05) is 11.4 Å². The molecule has 1 aliphatic heterocycles. The molecule has 3 rings (SSSR count). The lowest BCUT2D eigenvalue weighted by atomic mass is 10.0. The van der Waals surface area contributed by atoms with Crippen LogP contribution in [-0.4, -0.2) is 34.3 Å². The number of fused-ring (bicyclic) bond motifs is 1. The predicted molar refractivity (Wildman–Crippen MR) is 94.2 cm³/mol. The van der Waals surface area contributed by atoms with Crippen molar-refractivity contribution in [1.29, 1.82) is 5.26 Å². The summed E-state index contributed by atoms with van der Waals surface area (Å²) in [6.07, 6.45) is 1.15. The molecule has 10 nitrogen and oxygen atoms in total. The molecule has 148 valence electrons. The number of rotatable bonds is 3. The van der Waals surface area contributed by atoms with Crippen LogP contribution in [0.15, 0.2) is 10.7 Å². The summed E-state index contributed by atoms with van der Waals surface area (Å²) in [5, 5.41) is 27.0. The Morgan fingerprint density at radius 2 is 2.29 bits per heavy atom. The van der Waals surface area contributed by atoms with Gasteiger partial charge in [0.15, 0.2) is 0 Å². The number of nitrogens with zero attached hydrogens (tertiary/aromatic N) is 4. The summed E-state index contributed by atoms with van der Waals surface area (Å²) in [6, 6.07) is 2.13. The smallest absolute Gasteiger partial charge is 0.410 e. The van der Waals surface area contributed by atoms with E-state index in [0.717, 1.165) is 21.3 Å². The maximum Gasteiger partial charge on any atom is 0.410 e. The molecule has 2 amide bonds. The first-order valence-corrected chi connectivity index (χ1v) is 9.34. The van der Waals surface area contributed by atoms with Gasteiger partial charge in [0.1, 0.15) is 22.6 Å². The summed E-state index contributed by atoms with van der Waals surface area (Å²) < 4.78 is 10.8. The number of nitrogens with one attached hydrogen (secondary N) is 1. The highest BCUT2D eigenvalue weighted by atomic mass is 32.1. The molecule has 0 aromatic carbocycles. The third kappa shape index (κ3) is 4.40. The first-order valence-electron chi connectivity index (χ1n) is 8.52. The normalized spacial score (nSPS) is 13.6. The molecule has 0 saturated carbocycles. The van der Waals surface area contributed by atoms with Crippen LogP contribution in [0.3, 0.4) is 0 Å².